The van der Waals surface area contributed by atoms with E-state index in [0.29, 0.717) is 29.2 Å². The molecule has 3 aromatic carbocycles. The van der Waals surface area contributed by atoms with E-state index in [4.69, 9.17) is 21.1 Å². The zero-order chi connectivity index (χ0) is 41.5. The molecule has 0 unspecified atom stereocenters. The highest BCUT2D eigenvalue weighted by molar-refractivity contribution is 7.09. The number of esters is 1. The number of benzene rings is 3. The summed E-state index contributed by atoms with van der Waals surface area (Å²) in [5.41, 5.74) is 2.25. The molecule has 0 atom stereocenters. The van der Waals surface area contributed by atoms with Crippen LogP contribution in [0.4, 0.5) is 36.4 Å². The number of thiazole rings is 1. The number of carbonyl (C=O) groups is 4. The molecule has 6 rings (SSSR count). The molecule has 0 bridgehead atoms. The van der Waals surface area contributed by atoms with Crippen LogP contribution in [-0.4, -0.2) is 75.8 Å². The first-order chi connectivity index (χ1) is 27.7. The summed E-state index contributed by atoms with van der Waals surface area (Å²) < 4.78 is 48.5. The number of methoxy groups -OCH3 is 1. The molecule has 1 saturated carbocycles. The van der Waals surface area contributed by atoms with Crippen LogP contribution in [0.2, 0.25) is 5.02 Å². The lowest BCUT2D eigenvalue weighted by Crippen LogP contribution is -2.37. The van der Waals surface area contributed by atoms with Crippen LogP contribution in [0.15, 0.2) is 83.2 Å². The summed E-state index contributed by atoms with van der Waals surface area (Å²) in [4.78, 5) is 71.3. The summed E-state index contributed by atoms with van der Waals surface area (Å²) in [7, 11) is 1.10. The number of aryl methyl sites for hydroxylation is 1. The van der Waals surface area contributed by atoms with Gasteiger partial charge in [-0.3, -0.25) is 14.4 Å². The highest BCUT2D eigenvalue weighted by Crippen LogP contribution is 2.48. The monoisotopic (exact) mass is 835 g/mol. The van der Waals surface area contributed by atoms with Gasteiger partial charge in [-0.15, -0.1) is 11.3 Å². The third-order valence-corrected chi connectivity index (χ3v) is 9.44. The number of ether oxygens (including phenoxy) is 2. The molecule has 20 heteroatoms. The summed E-state index contributed by atoms with van der Waals surface area (Å²) in [6, 6.07) is 19.0. The van der Waals surface area contributed by atoms with Gasteiger partial charge in [-0.25, -0.2) is 14.8 Å². The zero-order valence-electron chi connectivity index (χ0n) is 30.6. The summed E-state index contributed by atoms with van der Waals surface area (Å²) in [5.74, 6) is -3.87. The van der Waals surface area contributed by atoms with Crippen LogP contribution in [0.3, 0.4) is 0 Å². The summed E-state index contributed by atoms with van der Waals surface area (Å²) >= 11 is 7.51. The molecule has 1 aliphatic carbocycles. The predicted molar refractivity (Wildman–Crippen MR) is 209 cm³/mol. The third kappa shape index (κ3) is 11.1. The predicted octanol–water partition coefficient (Wildman–Crippen LogP) is 6.64. The first-order valence-corrected chi connectivity index (χ1v) is 18.6. The van der Waals surface area contributed by atoms with Gasteiger partial charge in [0.1, 0.15) is 5.71 Å². The van der Waals surface area contributed by atoms with Gasteiger partial charge in [-0.2, -0.15) is 28.1 Å². The van der Waals surface area contributed by atoms with Crippen LogP contribution >= 0.6 is 22.9 Å². The van der Waals surface area contributed by atoms with E-state index >= 15 is 0 Å². The minimum atomic E-state index is -4.65. The molecule has 4 N–H and O–H groups in total. The maximum absolute atomic E-state index is 13.1. The lowest BCUT2D eigenvalue weighted by molar-refractivity contribution is -0.154. The Morgan fingerprint density at radius 2 is 1.64 bits per heavy atom. The Morgan fingerprint density at radius 3 is 2.29 bits per heavy atom. The molecular formula is C38H33ClF3N9O6S. The zero-order valence-corrected chi connectivity index (χ0v) is 32.2. The molecule has 15 nitrogen and oxygen atoms in total. The number of rotatable bonds is 14. The second-order valence-electron chi connectivity index (χ2n) is 12.7. The quantitative estimate of drug-likeness (QED) is 0.0529. The first kappa shape index (κ1) is 41.2. The SMILES string of the molecule is COC(=O)C(CCNC(=O)C(=O)Nc1cccc(-c2csc(C)n2)c1)=NC(=O)c1ccc(Nc2nc(NC3(c4ccc(Cl)cc4)CC3)nc(OCC(F)(F)F)n2)cc1. The molecule has 0 radical (unpaired) electrons. The third-order valence-electron chi connectivity index (χ3n) is 8.41. The van der Waals surface area contributed by atoms with E-state index in [1.54, 1.807) is 30.3 Å². The number of nitrogens with one attached hydrogen (secondary N) is 4. The number of aliphatic imine (C=N–C) groups is 1. The van der Waals surface area contributed by atoms with Crippen molar-refractivity contribution in [1.29, 1.82) is 0 Å². The van der Waals surface area contributed by atoms with Gasteiger partial charge in [0.2, 0.25) is 11.9 Å². The van der Waals surface area contributed by atoms with E-state index in [1.165, 1.54) is 35.6 Å². The van der Waals surface area contributed by atoms with E-state index in [-0.39, 0.29) is 36.1 Å². The minimum Gasteiger partial charge on any atom is -0.465 e. The van der Waals surface area contributed by atoms with Crippen molar-refractivity contribution in [1.82, 2.24) is 25.3 Å². The van der Waals surface area contributed by atoms with Crippen molar-refractivity contribution >= 4 is 75.6 Å². The van der Waals surface area contributed by atoms with Crippen molar-refractivity contribution in [2.24, 2.45) is 4.99 Å². The van der Waals surface area contributed by atoms with Gasteiger partial charge in [-0.05, 0) is 73.9 Å². The fourth-order valence-electron chi connectivity index (χ4n) is 5.42. The number of hydrogen-bond acceptors (Lipinski definition) is 13. The number of hydrogen-bond donors (Lipinski definition) is 4. The van der Waals surface area contributed by atoms with Crippen LogP contribution in [-0.2, 0) is 24.7 Å². The first-order valence-electron chi connectivity index (χ1n) is 17.4. The maximum Gasteiger partial charge on any atom is 0.422 e. The van der Waals surface area contributed by atoms with Crippen molar-refractivity contribution in [2.75, 3.05) is 36.2 Å². The lowest BCUT2D eigenvalue weighted by Gasteiger charge is -2.19. The van der Waals surface area contributed by atoms with E-state index in [9.17, 15) is 32.3 Å². The normalized spacial score (nSPS) is 13.2. The molecular weight excluding hydrogens is 803 g/mol. The van der Waals surface area contributed by atoms with Crippen LogP contribution in [0, 0.1) is 6.92 Å². The Bertz CT molecular complexity index is 2350. The Labute approximate surface area is 337 Å². The lowest BCUT2D eigenvalue weighted by atomic mass is 10.1. The number of nitrogens with zero attached hydrogens (tertiary/aromatic N) is 5. The van der Waals surface area contributed by atoms with E-state index < -0.39 is 48.0 Å². The van der Waals surface area contributed by atoms with Crippen molar-refractivity contribution in [2.45, 2.75) is 37.9 Å². The fourth-order valence-corrected chi connectivity index (χ4v) is 6.17. The molecule has 3 amide bonds. The summed E-state index contributed by atoms with van der Waals surface area (Å²) in [6.07, 6.45) is -3.49. The Balaban J connectivity index is 1.08. The second kappa shape index (κ2) is 17.8. The van der Waals surface area contributed by atoms with Crippen molar-refractivity contribution in [3.05, 3.63) is 99.3 Å². The smallest absolute Gasteiger partial charge is 0.422 e. The fraction of sp³-hybridized carbons (Fsp3) is 0.237. The van der Waals surface area contributed by atoms with Gasteiger partial charge in [-0.1, -0.05) is 35.9 Å². The molecule has 58 heavy (non-hydrogen) atoms. The molecule has 2 heterocycles. The average Bonchev–Trinajstić information content (AvgIpc) is 3.84. The molecule has 0 saturated heterocycles. The number of anilines is 4. The number of halogens is 4. The van der Waals surface area contributed by atoms with Crippen molar-refractivity contribution < 1.29 is 41.8 Å². The summed E-state index contributed by atoms with van der Waals surface area (Å²) in [5, 5.41) is 14.3. The van der Waals surface area contributed by atoms with Crippen LogP contribution in [0.5, 0.6) is 6.01 Å². The highest BCUT2D eigenvalue weighted by atomic mass is 35.5. The van der Waals surface area contributed by atoms with E-state index in [2.05, 4.69) is 46.2 Å². The van der Waals surface area contributed by atoms with Crippen LogP contribution < -0.4 is 26.0 Å². The number of carbonyl (C=O) groups excluding carboxylic acids is 4. The van der Waals surface area contributed by atoms with Gasteiger partial charge in [0.15, 0.2) is 6.61 Å². The standard InChI is InChI=1S/C38H33ClF3N9O6S/c1-21-44-29(19-58-21)23-4-3-5-27(18-23)45-32(54)31(53)43-17-14-28(33(55)56-2)47-30(52)22-6-12-26(13-7-22)46-34-48-35(50-36(49-34)57-20-38(40,41)42)51-37(15-16-37)24-8-10-25(39)11-9-24/h3-13,18-19H,14-17,20H2,1-2H3,(H,43,53)(H,45,54)(H2,46,48,49,50,51). The largest absolute Gasteiger partial charge is 0.465 e. The van der Waals surface area contributed by atoms with Crippen LogP contribution in [0.1, 0.15) is 40.2 Å². The Kier molecular flexibility index (Phi) is 12.6. The Morgan fingerprint density at radius 1 is 0.914 bits per heavy atom. The van der Waals surface area contributed by atoms with E-state index in [0.717, 1.165) is 28.9 Å². The highest BCUT2D eigenvalue weighted by Gasteiger charge is 2.45. The van der Waals surface area contributed by atoms with Gasteiger partial charge in [0.05, 0.1) is 23.4 Å². The topological polar surface area (TPSA) is 199 Å². The van der Waals surface area contributed by atoms with Gasteiger partial charge in [0, 0.05) is 45.9 Å². The number of amides is 3. The minimum absolute atomic E-state index is 0.0390. The van der Waals surface area contributed by atoms with Crippen molar-refractivity contribution in [3.8, 4) is 17.3 Å². The van der Waals surface area contributed by atoms with Gasteiger partial charge >= 0.3 is 30.0 Å². The summed E-state index contributed by atoms with van der Waals surface area (Å²) in [6.45, 7) is 0.0137. The molecule has 5 aromatic rings. The average molecular weight is 836 g/mol. The molecule has 0 spiro atoms. The maximum atomic E-state index is 13.1. The van der Waals surface area contributed by atoms with Gasteiger partial charge in [0.25, 0.3) is 5.91 Å². The molecule has 300 valence electrons. The second-order valence-corrected chi connectivity index (χ2v) is 14.2. The molecule has 2 aromatic heterocycles. The number of aromatic nitrogens is 4. The van der Waals surface area contributed by atoms with Crippen LogP contribution in [0.25, 0.3) is 11.3 Å². The molecule has 0 aliphatic heterocycles. The van der Waals surface area contributed by atoms with E-state index in [1.807, 2.05) is 30.5 Å². The number of alkyl halides is 3. The Hall–Kier alpha value is -6.47. The van der Waals surface area contributed by atoms with Crippen molar-refractivity contribution in [3.63, 3.8) is 0 Å². The molecule has 1 fully saturated rings. The molecule has 1 aliphatic rings. The van der Waals surface area contributed by atoms with Gasteiger partial charge < -0.3 is 30.7 Å².